The zero-order chi connectivity index (χ0) is 15.6. The van der Waals surface area contributed by atoms with Crippen molar-refractivity contribution in [1.82, 2.24) is 0 Å². The van der Waals surface area contributed by atoms with Crippen LogP contribution in [0.25, 0.3) is 0 Å². The molecule has 4 heteroatoms. The number of nitrogen functional groups attached to an aromatic ring is 1. The molecule has 0 saturated heterocycles. The standard InChI is InChI=1S/C17H20N2O2/c1-10-8-11(2)15(12(3)9-10)19-17(20)13-6-5-7-14(18)16(13)21-4/h5-9H,18H2,1-4H3,(H,19,20). The maximum absolute atomic E-state index is 12.5. The quantitative estimate of drug-likeness (QED) is 0.848. The number of para-hydroxylation sites is 1. The molecule has 2 rings (SSSR count). The van der Waals surface area contributed by atoms with Crippen molar-refractivity contribution in [3.8, 4) is 5.75 Å². The molecule has 0 saturated carbocycles. The second kappa shape index (κ2) is 5.87. The smallest absolute Gasteiger partial charge is 0.259 e. The number of anilines is 2. The molecule has 2 aromatic rings. The van der Waals surface area contributed by atoms with E-state index in [0.29, 0.717) is 17.0 Å². The lowest BCUT2D eigenvalue weighted by Crippen LogP contribution is -2.15. The van der Waals surface area contributed by atoms with Crippen molar-refractivity contribution in [3.63, 3.8) is 0 Å². The van der Waals surface area contributed by atoms with E-state index in [9.17, 15) is 4.79 Å². The molecule has 0 aliphatic rings. The van der Waals surface area contributed by atoms with Gasteiger partial charge in [0.1, 0.15) is 0 Å². The number of ether oxygens (including phenoxy) is 1. The van der Waals surface area contributed by atoms with Crippen LogP contribution in [-0.2, 0) is 0 Å². The Bertz CT molecular complexity index is 670. The van der Waals surface area contributed by atoms with Gasteiger partial charge >= 0.3 is 0 Å². The summed E-state index contributed by atoms with van der Waals surface area (Å²) in [6, 6.07) is 9.22. The van der Waals surface area contributed by atoms with Crippen LogP contribution in [0.15, 0.2) is 30.3 Å². The first-order chi connectivity index (χ1) is 9.93. The van der Waals surface area contributed by atoms with Crippen LogP contribution in [0.4, 0.5) is 11.4 Å². The number of methoxy groups -OCH3 is 1. The number of amides is 1. The third kappa shape index (κ3) is 2.99. The molecule has 21 heavy (non-hydrogen) atoms. The molecule has 4 nitrogen and oxygen atoms in total. The molecule has 0 aromatic heterocycles. The predicted octanol–water partition coefficient (Wildman–Crippen LogP) is 3.45. The fraction of sp³-hybridized carbons (Fsp3) is 0.235. The number of hydrogen-bond donors (Lipinski definition) is 2. The number of carbonyl (C=O) groups excluding carboxylic acids is 1. The van der Waals surface area contributed by atoms with Crippen molar-refractivity contribution in [3.05, 3.63) is 52.6 Å². The molecule has 0 heterocycles. The first kappa shape index (κ1) is 14.9. The minimum Gasteiger partial charge on any atom is -0.494 e. The molecule has 0 radical (unpaired) electrons. The molecular formula is C17H20N2O2. The van der Waals surface area contributed by atoms with Crippen molar-refractivity contribution < 1.29 is 9.53 Å². The highest BCUT2D eigenvalue weighted by atomic mass is 16.5. The number of rotatable bonds is 3. The lowest BCUT2D eigenvalue weighted by molar-refractivity contribution is 0.102. The highest BCUT2D eigenvalue weighted by molar-refractivity contribution is 6.07. The van der Waals surface area contributed by atoms with Gasteiger partial charge in [-0.25, -0.2) is 0 Å². The first-order valence-corrected chi connectivity index (χ1v) is 6.75. The fourth-order valence-corrected chi connectivity index (χ4v) is 2.52. The maximum Gasteiger partial charge on any atom is 0.259 e. The van der Waals surface area contributed by atoms with Crippen LogP contribution in [0.3, 0.4) is 0 Å². The van der Waals surface area contributed by atoms with E-state index < -0.39 is 0 Å². The Labute approximate surface area is 124 Å². The first-order valence-electron chi connectivity index (χ1n) is 6.75. The maximum atomic E-state index is 12.5. The lowest BCUT2D eigenvalue weighted by Gasteiger charge is -2.15. The summed E-state index contributed by atoms with van der Waals surface area (Å²) in [6.07, 6.45) is 0. The summed E-state index contributed by atoms with van der Waals surface area (Å²) in [5.41, 5.74) is 10.8. The summed E-state index contributed by atoms with van der Waals surface area (Å²) < 4.78 is 5.23. The summed E-state index contributed by atoms with van der Waals surface area (Å²) in [5, 5.41) is 2.95. The molecule has 0 aliphatic carbocycles. The largest absolute Gasteiger partial charge is 0.494 e. The van der Waals surface area contributed by atoms with Gasteiger partial charge in [-0.1, -0.05) is 23.8 Å². The van der Waals surface area contributed by atoms with Crippen LogP contribution in [0, 0.1) is 20.8 Å². The van der Waals surface area contributed by atoms with E-state index in [2.05, 4.69) is 5.32 Å². The van der Waals surface area contributed by atoms with Crippen LogP contribution >= 0.6 is 0 Å². The molecular weight excluding hydrogens is 264 g/mol. The van der Waals surface area contributed by atoms with Gasteiger partial charge in [-0.05, 0) is 44.0 Å². The molecule has 0 spiro atoms. The molecule has 0 atom stereocenters. The Morgan fingerprint density at radius 2 is 1.76 bits per heavy atom. The Kier molecular flexibility index (Phi) is 4.17. The van der Waals surface area contributed by atoms with E-state index in [0.717, 1.165) is 16.8 Å². The number of nitrogens with two attached hydrogens (primary N) is 1. The monoisotopic (exact) mass is 284 g/mol. The van der Waals surface area contributed by atoms with Gasteiger partial charge in [0.15, 0.2) is 5.75 Å². The van der Waals surface area contributed by atoms with Crippen LogP contribution in [0.1, 0.15) is 27.0 Å². The molecule has 0 unspecified atom stereocenters. The van der Waals surface area contributed by atoms with Gasteiger partial charge in [0.2, 0.25) is 0 Å². The number of nitrogens with one attached hydrogen (secondary N) is 1. The topological polar surface area (TPSA) is 64.3 Å². The summed E-state index contributed by atoms with van der Waals surface area (Å²) in [4.78, 5) is 12.5. The van der Waals surface area contributed by atoms with Crippen molar-refractivity contribution in [2.75, 3.05) is 18.2 Å². The zero-order valence-corrected chi connectivity index (χ0v) is 12.8. The Hall–Kier alpha value is -2.49. The second-order valence-corrected chi connectivity index (χ2v) is 5.16. The minimum atomic E-state index is -0.228. The number of hydrogen-bond acceptors (Lipinski definition) is 3. The third-order valence-corrected chi connectivity index (χ3v) is 3.41. The second-order valence-electron chi connectivity index (χ2n) is 5.16. The van der Waals surface area contributed by atoms with E-state index in [1.54, 1.807) is 18.2 Å². The third-order valence-electron chi connectivity index (χ3n) is 3.41. The normalized spacial score (nSPS) is 10.3. The summed E-state index contributed by atoms with van der Waals surface area (Å²) in [6.45, 7) is 5.99. The van der Waals surface area contributed by atoms with Gasteiger partial charge in [-0.15, -0.1) is 0 Å². The lowest BCUT2D eigenvalue weighted by atomic mass is 10.0. The van der Waals surface area contributed by atoms with Crippen molar-refractivity contribution >= 4 is 17.3 Å². The fourth-order valence-electron chi connectivity index (χ4n) is 2.52. The van der Waals surface area contributed by atoms with Gasteiger partial charge in [0.25, 0.3) is 5.91 Å². The number of aryl methyl sites for hydroxylation is 3. The van der Waals surface area contributed by atoms with E-state index in [1.807, 2.05) is 32.9 Å². The average molecular weight is 284 g/mol. The molecule has 0 aliphatic heterocycles. The molecule has 110 valence electrons. The summed E-state index contributed by atoms with van der Waals surface area (Å²) in [5.74, 6) is 0.173. The van der Waals surface area contributed by atoms with Crippen LogP contribution in [0.5, 0.6) is 5.75 Å². The molecule has 1 amide bonds. The van der Waals surface area contributed by atoms with E-state index in [1.165, 1.54) is 12.7 Å². The Morgan fingerprint density at radius 3 is 2.33 bits per heavy atom. The van der Waals surface area contributed by atoms with Crippen molar-refractivity contribution in [2.24, 2.45) is 0 Å². The van der Waals surface area contributed by atoms with Crippen LogP contribution < -0.4 is 15.8 Å². The van der Waals surface area contributed by atoms with Gasteiger partial charge < -0.3 is 15.8 Å². The minimum absolute atomic E-state index is 0.228. The summed E-state index contributed by atoms with van der Waals surface area (Å²) >= 11 is 0. The average Bonchev–Trinajstić information content (AvgIpc) is 2.42. The van der Waals surface area contributed by atoms with Gasteiger partial charge in [-0.2, -0.15) is 0 Å². The predicted molar refractivity (Wildman–Crippen MR) is 86.0 cm³/mol. The van der Waals surface area contributed by atoms with E-state index in [4.69, 9.17) is 10.5 Å². The van der Waals surface area contributed by atoms with Crippen LogP contribution in [0.2, 0.25) is 0 Å². The van der Waals surface area contributed by atoms with Crippen LogP contribution in [-0.4, -0.2) is 13.0 Å². The Morgan fingerprint density at radius 1 is 1.14 bits per heavy atom. The van der Waals surface area contributed by atoms with Gasteiger partial charge in [0, 0.05) is 5.69 Å². The number of carbonyl (C=O) groups is 1. The van der Waals surface area contributed by atoms with E-state index >= 15 is 0 Å². The van der Waals surface area contributed by atoms with Gasteiger partial charge in [-0.3, -0.25) is 4.79 Å². The molecule has 2 aromatic carbocycles. The van der Waals surface area contributed by atoms with Gasteiger partial charge in [0.05, 0.1) is 18.4 Å². The Balaban J connectivity index is 2.38. The highest BCUT2D eigenvalue weighted by Crippen LogP contribution is 2.28. The van der Waals surface area contributed by atoms with E-state index in [-0.39, 0.29) is 5.91 Å². The summed E-state index contributed by atoms with van der Waals surface area (Å²) in [7, 11) is 1.50. The van der Waals surface area contributed by atoms with Crippen molar-refractivity contribution in [1.29, 1.82) is 0 Å². The number of benzene rings is 2. The molecule has 0 fully saturated rings. The molecule has 3 N–H and O–H groups in total. The molecule has 0 bridgehead atoms. The van der Waals surface area contributed by atoms with Crippen molar-refractivity contribution in [2.45, 2.75) is 20.8 Å². The zero-order valence-electron chi connectivity index (χ0n) is 12.8. The SMILES string of the molecule is COc1c(N)cccc1C(=O)Nc1c(C)cc(C)cc1C. The highest BCUT2D eigenvalue weighted by Gasteiger charge is 2.16.